The largest absolute Gasteiger partial charge is 0.334 e. The summed E-state index contributed by atoms with van der Waals surface area (Å²) in [4.78, 5) is 15.4. The molecule has 4 nitrogen and oxygen atoms in total. The Morgan fingerprint density at radius 3 is 2.93 bits per heavy atom. The third kappa shape index (κ3) is 1.64. The minimum absolute atomic E-state index is 0.0368. The predicted octanol–water partition coefficient (Wildman–Crippen LogP) is 1.16. The van der Waals surface area contributed by atoms with Crippen molar-refractivity contribution in [3.8, 4) is 0 Å². The number of hydrogen-bond donors (Lipinski definition) is 1. The maximum atomic E-state index is 11.1. The van der Waals surface area contributed by atoms with E-state index in [0.29, 0.717) is 0 Å². The van der Waals surface area contributed by atoms with Crippen LogP contribution in [0.4, 0.5) is 0 Å². The molecule has 0 bridgehead atoms. The van der Waals surface area contributed by atoms with Gasteiger partial charge < -0.3 is 10.3 Å². The van der Waals surface area contributed by atoms with Crippen LogP contribution in [-0.2, 0) is 11.8 Å². The number of ketones is 1. The molecule has 1 aromatic heterocycles. The summed E-state index contributed by atoms with van der Waals surface area (Å²) in [6, 6.07) is 5.12. The summed E-state index contributed by atoms with van der Waals surface area (Å²) in [6.07, 6.45) is 1.74. The smallest absolute Gasteiger partial charge is 0.150 e. The van der Waals surface area contributed by atoms with E-state index in [1.165, 1.54) is 6.92 Å². The molecule has 0 saturated heterocycles. The highest BCUT2D eigenvalue weighted by molar-refractivity contribution is 5.84. The fourth-order valence-corrected chi connectivity index (χ4v) is 1.58. The fraction of sp³-hybridized carbons (Fsp3) is 0.273. The van der Waals surface area contributed by atoms with Gasteiger partial charge in [-0.2, -0.15) is 0 Å². The number of imidazole rings is 1. The van der Waals surface area contributed by atoms with E-state index in [1.54, 1.807) is 6.33 Å². The van der Waals surface area contributed by atoms with Gasteiger partial charge in [0.25, 0.3) is 0 Å². The highest BCUT2D eigenvalue weighted by Gasteiger charge is 2.12. The van der Waals surface area contributed by atoms with Gasteiger partial charge in [-0.25, -0.2) is 4.98 Å². The van der Waals surface area contributed by atoms with Gasteiger partial charge in [0.1, 0.15) is 0 Å². The molecule has 1 aromatic carbocycles. The molecule has 78 valence electrons. The van der Waals surface area contributed by atoms with E-state index in [9.17, 15) is 4.79 Å². The van der Waals surface area contributed by atoms with Gasteiger partial charge in [0.2, 0.25) is 0 Å². The molecule has 0 aliphatic rings. The van der Waals surface area contributed by atoms with Crippen LogP contribution in [0.5, 0.6) is 0 Å². The van der Waals surface area contributed by atoms with Gasteiger partial charge in [-0.3, -0.25) is 4.79 Å². The van der Waals surface area contributed by atoms with Crippen molar-refractivity contribution < 1.29 is 4.79 Å². The molecule has 1 unspecified atom stereocenters. The predicted molar refractivity (Wildman–Crippen MR) is 58.3 cm³/mol. The number of rotatable bonds is 2. The molecule has 0 spiro atoms. The lowest BCUT2D eigenvalue weighted by Crippen LogP contribution is -2.18. The van der Waals surface area contributed by atoms with Crippen LogP contribution < -0.4 is 5.73 Å². The number of carbonyl (C=O) groups excluding carboxylic acids is 1. The summed E-state index contributed by atoms with van der Waals surface area (Å²) in [5, 5.41) is 0. The lowest BCUT2D eigenvalue weighted by Gasteiger charge is -2.07. The Bertz CT molecular complexity index is 516. The number of aryl methyl sites for hydroxylation is 1. The maximum absolute atomic E-state index is 11.1. The normalized spacial score (nSPS) is 13.0. The number of Topliss-reactive ketones (excluding diaryl/α,β-unsaturated/α-hetero) is 1. The van der Waals surface area contributed by atoms with Crippen molar-refractivity contribution in [2.24, 2.45) is 12.8 Å². The van der Waals surface area contributed by atoms with Gasteiger partial charge in [-0.1, -0.05) is 6.07 Å². The average Bonchev–Trinajstić information content (AvgIpc) is 2.59. The summed E-state index contributed by atoms with van der Waals surface area (Å²) in [5.74, 6) is -0.0368. The lowest BCUT2D eigenvalue weighted by atomic mass is 10.0. The molecule has 1 atom stereocenters. The van der Waals surface area contributed by atoms with Crippen molar-refractivity contribution in [1.29, 1.82) is 0 Å². The highest BCUT2D eigenvalue weighted by Crippen LogP contribution is 2.18. The molecule has 0 radical (unpaired) electrons. The first-order valence-electron chi connectivity index (χ1n) is 4.76. The number of carbonyl (C=O) groups is 1. The Morgan fingerprint density at radius 1 is 1.53 bits per heavy atom. The molecule has 15 heavy (non-hydrogen) atoms. The van der Waals surface area contributed by atoms with Gasteiger partial charge in [0, 0.05) is 7.05 Å². The van der Waals surface area contributed by atoms with Crippen LogP contribution in [-0.4, -0.2) is 15.3 Å². The zero-order valence-electron chi connectivity index (χ0n) is 8.77. The quantitative estimate of drug-likeness (QED) is 0.796. The Morgan fingerprint density at radius 2 is 2.27 bits per heavy atom. The number of aromatic nitrogens is 2. The molecule has 0 amide bonds. The van der Waals surface area contributed by atoms with E-state index in [1.807, 2.05) is 29.8 Å². The summed E-state index contributed by atoms with van der Waals surface area (Å²) < 4.78 is 1.93. The van der Waals surface area contributed by atoms with Crippen molar-refractivity contribution in [2.75, 3.05) is 0 Å². The maximum Gasteiger partial charge on any atom is 0.150 e. The molecule has 2 rings (SSSR count). The Balaban J connectivity index is 2.52. The van der Waals surface area contributed by atoms with Crippen LogP contribution in [0.25, 0.3) is 11.0 Å². The third-order valence-electron chi connectivity index (χ3n) is 2.55. The van der Waals surface area contributed by atoms with Crippen molar-refractivity contribution in [3.05, 3.63) is 30.1 Å². The van der Waals surface area contributed by atoms with Crippen LogP contribution in [0.15, 0.2) is 24.5 Å². The molecule has 1 heterocycles. The minimum atomic E-state index is -0.545. The standard InChI is InChI=1S/C11H13N3O/c1-7(15)11(12)8-3-4-10-9(5-8)13-6-14(10)2/h3-6,11H,12H2,1-2H3. The van der Waals surface area contributed by atoms with Gasteiger partial charge in [-0.15, -0.1) is 0 Å². The lowest BCUT2D eigenvalue weighted by molar-refractivity contribution is -0.118. The zero-order chi connectivity index (χ0) is 11.0. The van der Waals surface area contributed by atoms with Crippen molar-refractivity contribution in [1.82, 2.24) is 9.55 Å². The van der Waals surface area contributed by atoms with Gasteiger partial charge in [0.05, 0.1) is 23.4 Å². The molecule has 4 heteroatoms. The Labute approximate surface area is 87.7 Å². The summed E-state index contributed by atoms with van der Waals surface area (Å²) in [5.41, 5.74) is 8.47. The highest BCUT2D eigenvalue weighted by atomic mass is 16.1. The number of hydrogen-bond acceptors (Lipinski definition) is 3. The Kier molecular flexibility index (Phi) is 2.28. The van der Waals surface area contributed by atoms with Crippen molar-refractivity contribution in [3.63, 3.8) is 0 Å². The second-order valence-electron chi connectivity index (χ2n) is 3.69. The molecule has 0 aliphatic heterocycles. The molecule has 0 aliphatic carbocycles. The molecular formula is C11H13N3O. The SMILES string of the molecule is CC(=O)C(N)c1ccc2c(c1)ncn2C. The monoisotopic (exact) mass is 203 g/mol. The second-order valence-corrected chi connectivity index (χ2v) is 3.69. The minimum Gasteiger partial charge on any atom is -0.334 e. The molecule has 2 N–H and O–H groups in total. The first kappa shape index (κ1) is 9.86. The summed E-state index contributed by atoms with van der Waals surface area (Å²) >= 11 is 0. The Hall–Kier alpha value is -1.68. The van der Waals surface area contributed by atoms with Crippen LogP contribution >= 0.6 is 0 Å². The topological polar surface area (TPSA) is 60.9 Å². The number of nitrogens with zero attached hydrogens (tertiary/aromatic N) is 2. The van der Waals surface area contributed by atoms with E-state index in [4.69, 9.17) is 5.73 Å². The van der Waals surface area contributed by atoms with Crippen LogP contribution in [0.1, 0.15) is 18.5 Å². The van der Waals surface area contributed by atoms with Crippen LogP contribution in [0.2, 0.25) is 0 Å². The first-order chi connectivity index (χ1) is 7.09. The van der Waals surface area contributed by atoms with E-state index in [-0.39, 0.29) is 5.78 Å². The third-order valence-corrected chi connectivity index (χ3v) is 2.55. The summed E-state index contributed by atoms with van der Waals surface area (Å²) in [6.45, 7) is 1.49. The molecule has 2 aromatic rings. The molecular weight excluding hydrogens is 190 g/mol. The first-order valence-corrected chi connectivity index (χ1v) is 4.76. The summed E-state index contributed by atoms with van der Waals surface area (Å²) in [7, 11) is 1.93. The number of fused-ring (bicyclic) bond motifs is 1. The molecule has 0 saturated carbocycles. The van der Waals surface area contributed by atoms with Crippen LogP contribution in [0.3, 0.4) is 0 Å². The van der Waals surface area contributed by atoms with E-state index in [2.05, 4.69) is 4.98 Å². The average molecular weight is 203 g/mol. The van der Waals surface area contributed by atoms with Gasteiger partial charge in [0.15, 0.2) is 5.78 Å². The van der Waals surface area contributed by atoms with Crippen molar-refractivity contribution in [2.45, 2.75) is 13.0 Å². The van der Waals surface area contributed by atoms with Crippen molar-refractivity contribution >= 4 is 16.8 Å². The van der Waals surface area contributed by atoms with Crippen LogP contribution in [0, 0.1) is 0 Å². The van der Waals surface area contributed by atoms with Gasteiger partial charge >= 0.3 is 0 Å². The van der Waals surface area contributed by atoms with E-state index >= 15 is 0 Å². The van der Waals surface area contributed by atoms with E-state index in [0.717, 1.165) is 16.6 Å². The van der Waals surface area contributed by atoms with Gasteiger partial charge in [-0.05, 0) is 24.6 Å². The molecule has 0 fully saturated rings. The number of nitrogens with two attached hydrogens (primary N) is 1. The fourth-order valence-electron chi connectivity index (χ4n) is 1.58. The number of benzene rings is 1. The zero-order valence-corrected chi connectivity index (χ0v) is 8.77. The second kappa shape index (κ2) is 3.47. The van der Waals surface area contributed by atoms with E-state index < -0.39 is 6.04 Å².